The van der Waals surface area contributed by atoms with Crippen molar-refractivity contribution < 1.29 is 19.4 Å². The highest BCUT2D eigenvalue weighted by atomic mass is 32.2. The molecule has 2 N–H and O–H groups in total. The Bertz CT molecular complexity index is 744. The second-order valence-electron chi connectivity index (χ2n) is 5.35. The zero-order valence-corrected chi connectivity index (χ0v) is 14.5. The molecule has 1 atom stereocenters. The number of benzene rings is 1. The maximum Gasteiger partial charge on any atom is 0.341 e. The van der Waals surface area contributed by atoms with E-state index in [-0.39, 0.29) is 17.8 Å². The van der Waals surface area contributed by atoms with Crippen LogP contribution in [0.1, 0.15) is 21.3 Å². The zero-order chi connectivity index (χ0) is 16.9. The van der Waals surface area contributed by atoms with Crippen LogP contribution < -0.4 is 10.1 Å². The molecule has 0 bridgehead atoms. The van der Waals surface area contributed by atoms with Crippen LogP contribution in [0, 0.1) is 0 Å². The van der Waals surface area contributed by atoms with Gasteiger partial charge < -0.3 is 15.2 Å². The Morgan fingerprint density at radius 1 is 1.33 bits per heavy atom. The summed E-state index contributed by atoms with van der Waals surface area (Å²) >= 11 is 3.39. The lowest BCUT2D eigenvalue weighted by atomic mass is 10.1. The van der Waals surface area contributed by atoms with Crippen LogP contribution in [0.3, 0.4) is 0 Å². The molecule has 1 aliphatic heterocycles. The lowest BCUT2D eigenvalue weighted by Crippen LogP contribution is -2.29. The number of thiophene rings is 1. The third-order valence-corrected chi connectivity index (χ3v) is 5.88. The van der Waals surface area contributed by atoms with E-state index in [9.17, 15) is 9.59 Å². The summed E-state index contributed by atoms with van der Waals surface area (Å²) in [7, 11) is 0. The van der Waals surface area contributed by atoms with Crippen LogP contribution in [0.2, 0.25) is 0 Å². The Balaban J connectivity index is 1.59. The summed E-state index contributed by atoms with van der Waals surface area (Å²) in [6.07, 6.45) is 1.03. The number of hydrogen-bond acceptors (Lipinski definition) is 5. The normalized spacial score (nSPS) is 16.2. The molecule has 1 aromatic carbocycles. The molecule has 1 amide bonds. The van der Waals surface area contributed by atoms with Gasteiger partial charge in [0.2, 0.25) is 5.91 Å². The number of hydrogen-bond donors (Lipinski definition) is 2. The first kappa shape index (κ1) is 16.9. The van der Waals surface area contributed by atoms with Crippen molar-refractivity contribution in [3.05, 3.63) is 51.7 Å². The predicted octanol–water partition coefficient (Wildman–Crippen LogP) is 2.86. The van der Waals surface area contributed by atoms with Crippen LogP contribution >= 0.6 is 23.1 Å². The van der Waals surface area contributed by atoms with Gasteiger partial charge in [0.1, 0.15) is 11.0 Å². The average Bonchev–Trinajstić information content (AvgIpc) is 3.07. The number of carbonyl (C=O) groups is 2. The number of ether oxygens (including phenoxy) is 1. The fourth-order valence-electron chi connectivity index (χ4n) is 2.54. The number of aryl methyl sites for hydroxylation is 1. The molecule has 2 aromatic rings. The minimum absolute atomic E-state index is 0.0104. The number of fused-ring (bicyclic) bond motifs is 1. The zero-order valence-electron chi connectivity index (χ0n) is 12.9. The molecular formula is C17H17NO4S2. The molecule has 0 unspecified atom stereocenters. The first-order chi connectivity index (χ1) is 11.6. The van der Waals surface area contributed by atoms with Gasteiger partial charge in [0.15, 0.2) is 6.61 Å². The minimum atomic E-state index is -1.02. The van der Waals surface area contributed by atoms with E-state index >= 15 is 0 Å². The van der Waals surface area contributed by atoms with Crippen LogP contribution in [0.5, 0.6) is 5.75 Å². The number of thioether (sulfide) groups is 1. The second kappa shape index (κ2) is 7.72. The van der Waals surface area contributed by atoms with Crippen LogP contribution in [0.15, 0.2) is 35.7 Å². The smallest absolute Gasteiger partial charge is 0.341 e. The minimum Gasteiger partial charge on any atom is -0.482 e. The number of nitrogens with one attached hydrogen (secondary N) is 1. The molecule has 0 spiro atoms. The van der Waals surface area contributed by atoms with E-state index in [2.05, 4.69) is 5.32 Å². The summed E-state index contributed by atoms with van der Waals surface area (Å²) in [4.78, 5) is 24.3. The molecule has 0 aliphatic carbocycles. The van der Waals surface area contributed by atoms with Crippen LogP contribution in [0.4, 0.5) is 0 Å². The lowest BCUT2D eigenvalue weighted by molar-refractivity contribution is -0.139. The van der Waals surface area contributed by atoms with Crippen molar-refractivity contribution in [3.8, 4) is 5.75 Å². The molecule has 0 saturated carbocycles. The number of amides is 1. The fourth-order valence-corrected chi connectivity index (χ4v) is 4.85. The molecule has 1 aliphatic rings. The van der Waals surface area contributed by atoms with Crippen molar-refractivity contribution in [2.75, 3.05) is 12.4 Å². The first-order valence-corrected chi connectivity index (χ1v) is 9.45. The van der Waals surface area contributed by atoms with Crippen molar-refractivity contribution in [2.24, 2.45) is 0 Å². The van der Waals surface area contributed by atoms with Crippen molar-refractivity contribution in [1.29, 1.82) is 0 Å². The van der Waals surface area contributed by atoms with Gasteiger partial charge >= 0.3 is 5.97 Å². The number of rotatable bonds is 6. The molecule has 3 rings (SSSR count). The van der Waals surface area contributed by atoms with E-state index in [4.69, 9.17) is 9.84 Å². The van der Waals surface area contributed by atoms with E-state index < -0.39 is 5.97 Å². The first-order valence-electron chi connectivity index (χ1n) is 7.52. The Hall–Kier alpha value is -1.99. The number of carbonyl (C=O) groups excluding carboxylic acids is 1. The Morgan fingerprint density at radius 3 is 3.04 bits per heavy atom. The quantitative estimate of drug-likeness (QED) is 0.825. The van der Waals surface area contributed by atoms with Crippen molar-refractivity contribution >= 4 is 35.0 Å². The fraction of sp³-hybridized carbons (Fsp3) is 0.294. The summed E-state index contributed by atoms with van der Waals surface area (Å²) in [5, 5.41) is 13.5. The average molecular weight is 363 g/mol. The molecule has 1 aromatic heterocycles. The summed E-state index contributed by atoms with van der Waals surface area (Å²) < 4.78 is 5.15. The third kappa shape index (κ3) is 4.10. The van der Waals surface area contributed by atoms with Gasteiger partial charge in [-0.05, 0) is 46.9 Å². The molecule has 2 heterocycles. The number of carboxylic acids is 1. The Labute approximate surface area is 148 Å². The molecule has 0 radical (unpaired) electrons. The van der Waals surface area contributed by atoms with E-state index in [0.717, 1.165) is 23.3 Å². The Kier molecular flexibility index (Phi) is 5.42. The third-order valence-electron chi connectivity index (χ3n) is 3.64. The lowest BCUT2D eigenvalue weighted by Gasteiger charge is -2.21. The van der Waals surface area contributed by atoms with E-state index in [0.29, 0.717) is 12.3 Å². The molecule has 126 valence electrons. The monoisotopic (exact) mass is 363 g/mol. The van der Waals surface area contributed by atoms with Gasteiger partial charge in [-0.2, -0.15) is 0 Å². The number of aliphatic carboxylic acids is 1. The number of carboxylic acid groups (broad SMARTS) is 1. The van der Waals surface area contributed by atoms with Crippen LogP contribution in [0.25, 0.3) is 0 Å². The molecule has 0 saturated heterocycles. The second-order valence-corrected chi connectivity index (χ2v) is 7.56. The van der Waals surface area contributed by atoms with Crippen molar-refractivity contribution in [3.63, 3.8) is 0 Å². The highest BCUT2D eigenvalue weighted by Crippen LogP contribution is 2.39. The van der Waals surface area contributed by atoms with Crippen molar-refractivity contribution in [2.45, 2.75) is 18.2 Å². The summed E-state index contributed by atoms with van der Waals surface area (Å²) in [6.45, 7) is 0.00902. The topological polar surface area (TPSA) is 75.6 Å². The maximum absolute atomic E-state index is 12.5. The van der Waals surface area contributed by atoms with Gasteiger partial charge in [-0.15, -0.1) is 23.1 Å². The molecular weight excluding hydrogens is 346 g/mol. The van der Waals surface area contributed by atoms with Gasteiger partial charge in [0, 0.05) is 11.4 Å². The van der Waals surface area contributed by atoms with Gasteiger partial charge in [0.25, 0.3) is 0 Å². The highest BCUT2D eigenvalue weighted by molar-refractivity contribution is 8.00. The maximum atomic E-state index is 12.5. The summed E-state index contributed by atoms with van der Waals surface area (Å²) in [5.41, 5.74) is 2.00. The largest absolute Gasteiger partial charge is 0.482 e. The molecule has 5 nitrogen and oxygen atoms in total. The standard InChI is InChI=1S/C17H17NO4S2/c19-15(20)10-22-12-3-1-2-11(8-12)9-18-17(21)16-13-4-6-23-14(13)5-7-24-16/h1-4,6,8,16H,5,7,9-10H2,(H,18,21)(H,19,20)/t16-/m0/s1. The highest BCUT2D eigenvalue weighted by Gasteiger charge is 2.27. The summed E-state index contributed by atoms with van der Waals surface area (Å²) in [5.74, 6) is 0.437. The van der Waals surface area contributed by atoms with Crippen LogP contribution in [-0.4, -0.2) is 29.3 Å². The van der Waals surface area contributed by atoms with E-state index in [1.807, 2.05) is 17.5 Å². The molecule has 7 heteroatoms. The molecule has 24 heavy (non-hydrogen) atoms. The van der Waals surface area contributed by atoms with Crippen molar-refractivity contribution in [1.82, 2.24) is 5.32 Å². The summed E-state index contributed by atoms with van der Waals surface area (Å²) in [6, 6.07) is 9.13. The predicted molar refractivity (Wildman–Crippen MR) is 94.6 cm³/mol. The van der Waals surface area contributed by atoms with E-state index in [1.54, 1.807) is 41.3 Å². The molecule has 0 fully saturated rings. The van der Waals surface area contributed by atoms with Gasteiger partial charge in [-0.1, -0.05) is 12.1 Å². The van der Waals surface area contributed by atoms with Gasteiger partial charge in [-0.3, -0.25) is 4.79 Å². The van der Waals surface area contributed by atoms with E-state index in [1.165, 1.54) is 4.88 Å². The van der Waals surface area contributed by atoms with Gasteiger partial charge in [0.05, 0.1) is 0 Å². The van der Waals surface area contributed by atoms with Gasteiger partial charge in [-0.25, -0.2) is 4.79 Å². The Morgan fingerprint density at radius 2 is 2.21 bits per heavy atom. The van der Waals surface area contributed by atoms with Crippen LogP contribution in [-0.2, 0) is 22.6 Å². The SMILES string of the molecule is O=C(O)COc1cccc(CNC(=O)[C@H]2SCCc3sccc32)c1.